The summed E-state index contributed by atoms with van der Waals surface area (Å²) in [6.07, 6.45) is 2.93. The summed E-state index contributed by atoms with van der Waals surface area (Å²) >= 11 is 3.43. The molecule has 1 aromatic rings. The van der Waals surface area contributed by atoms with E-state index in [-0.39, 0.29) is 37.0 Å². The number of ether oxygens (including phenoxy) is 1. The average molecular weight is 382 g/mol. The molecule has 2 aliphatic rings. The highest BCUT2D eigenvalue weighted by atomic mass is 79.9. The number of fused-ring (bicyclic) bond motifs is 2. The van der Waals surface area contributed by atoms with Gasteiger partial charge in [0.15, 0.2) is 0 Å². The third-order valence-corrected chi connectivity index (χ3v) is 5.09. The molecule has 2 bridgehead atoms. The third-order valence-electron chi connectivity index (χ3n) is 4.59. The van der Waals surface area contributed by atoms with E-state index in [4.69, 9.17) is 9.84 Å². The normalized spacial score (nSPS) is 25.5. The van der Waals surface area contributed by atoms with E-state index in [1.54, 1.807) is 4.90 Å². The van der Waals surface area contributed by atoms with Crippen molar-refractivity contribution in [3.05, 3.63) is 34.3 Å². The van der Waals surface area contributed by atoms with Gasteiger partial charge < -0.3 is 14.7 Å². The second kappa shape index (κ2) is 7.01. The van der Waals surface area contributed by atoms with Crippen molar-refractivity contribution in [1.82, 2.24) is 4.90 Å². The fraction of sp³-hybridized carbons (Fsp3) is 0.529. The van der Waals surface area contributed by atoms with Gasteiger partial charge in [-0.25, -0.2) is 0 Å². The van der Waals surface area contributed by atoms with Gasteiger partial charge in [-0.05, 0) is 37.0 Å². The summed E-state index contributed by atoms with van der Waals surface area (Å²) in [5.74, 6) is -0.977. The largest absolute Gasteiger partial charge is 0.481 e. The fourth-order valence-corrected chi connectivity index (χ4v) is 3.93. The Morgan fingerprint density at radius 2 is 2.17 bits per heavy atom. The van der Waals surface area contributed by atoms with Crippen molar-refractivity contribution in [2.75, 3.05) is 6.54 Å². The molecule has 0 aromatic heterocycles. The minimum absolute atomic E-state index is 0.0161. The van der Waals surface area contributed by atoms with Gasteiger partial charge in [0.25, 0.3) is 0 Å². The van der Waals surface area contributed by atoms with Crippen LogP contribution in [0.15, 0.2) is 28.7 Å². The van der Waals surface area contributed by atoms with Crippen molar-refractivity contribution in [3.63, 3.8) is 0 Å². The molecule has 0 spiro atoms. The SMILES string of the molecule is O=C(O)CCN(Cc1cccc(Br)c1)C(=O)C1CC2CCC1O2. The van der Waals surface area contributed by atoms with Gasteiger partial charge in [-0.3, -0.25) is 9.59 Å². The van der Waals surface area contributed by atoms with Crippen molar-refractivity contribution in [2.45, 2.75) is 44.4 Å². The Morgan fingerprint density at radius 3 is 2.78 bits per heavy atom. The number of hydrogen-bond donors (Lipinski definition) is 1. The number of carboxylic acid groups (broad SMARTS) is 1. The zero-order valence-electron chi connectivity index (χ0n) is 12.8. The van der Waals surface area contributed by atoms with Crippen LogP contribution in [0.1, 0.15) is 31.2 Å². The number of aliphatic carboxylic acids is 1. The van der Waals surface area contributed by atoms with E-state index in [9.17, 15) is 9.59 Å². The van der Waals surface area contributed by atoms with Crippen LogP contribution < -0.4 is 0 Å². The standard InChI is InChI=1S/C17H20BrNO4/c18-12-3-1-2-11(8-12)10-19(7-6-16(20)21)17(22)14-9-13-4-5-15(14)23-13/h1-3,8,13-15H,4-7,9-10H2,(H,20,21). The lowest BCUT2D eigenvalue weighted by Gasteiger charge is -2.28. The Kier molecular flexibility index (Phi) is 5.02. The Bertz CT molecular complexity index is 606. The van der Waals surface area contributed by atoms with Crippen LogP contribution in [-0.4, -0.2) is 40.6 Å². The van der Waals surface area contributed by atoms with Gasteiger partial charge in [0, 0.05) is 17.6 Å². The number of nitrogens with zero attached hydrogens (tertiary/aromatic N) is 1. The number of halogens is 1. The van der Waals surface area contributed by atoms with Crippen molar-refractivity contribution in [2.24, 2.45) is 5.92 Å². The first-order valence-electron chi connectivity index (χ1n) is 7.93. The van der Waals surface area contributed by atoms with Crippen LogP contribution in [0.3, 0.4) is 0 Å². The lowest BCUT2D eigenvalue weighted by atomic mass is 9.88. The maximum Gasteiger partial charge on any atom is 0.305 e. The molecule has 2 saturated heterocycles. The van der Waals surface area contributed by atoms with Crippen LogP contribution in [0.25, 0.3) is 0 Å². The summed E-state index contributed by atoms with van der Waals surface area (Å²) in [4.78, 5) is 25.5. The maximum atomic E-state index is 12.9. The predicted molar refractivity (Wildman–Crippen MR) is 87.8 cm³/mol. The number of hydrogen-bond acceptors (Lipinski definition) is 3. The van der Waals surface area contributed by atoms with Crippen molar-refractivity contribution in [3.8, 4) is 0 Å². The summed E-state index contributed by atoms with van der Waals surface area (Å²) in [5.41, 5.74) is 0.988. The topological polar surface area (TPSA) is 66.8 Å². The van der Waals surface area contributed by atoms with Gasteiger partial charge in [0.1, 0.15) is 0 Å². The minimum atomic E-state index is -0.888. The number of amides is 1. The maximum absolute atomic E-state index is 12.9. The van der Waals surface area contributed by atoms with Crippen molar-refractivity contribution >= 4 is 27.8 Å². The molecule has 1 N–H and O–H groups in total. The molecule has 124 valence electrons. The highest BCUT2D eigenvalue weighted by molar-refractivity contribution is 9.10. The molecule has 0 aliphatic carbocycles. The van der Waals surface area contributed by atoms with Gasteiger partial charge in [-0.15, -0.1) is 0 Å². The minimum Gasteiger partial charge on any atom is -0.481 e. The second-order valence-corrected chi connectivity index (χ2v) is 7.17. The summed E-state index contributed by atoms with van der Waals surface area (Å²) < 4.78 is 6.73. The Hall–Kier alpha value is -1.40. The zero-order chi connectivity index (χ0) is 16.4. The van der Waals surface area contributed by atoms with Crippen LogP contribution >= 0.6 is 15.9 Å². The third kappa shape index (κ3) is 3.93. The number of benzene rings is 1. The average Bonchev–Trinajstić information content (AvgIpc) is 3.13. The number of rotatable bonds is 6. The first kappa shape index (κ1) is 16.5. The van der Waals surface area contributed by atoms with E-state index in [0.29, 0.717) is 6.54 Å². The van der Waals surface area contributed by atoms with E-state index < -0.39 is 5.97 Å². The van der Waals surface area contributed by atoms with Crippen molar-refractivity contribution < 1.29 is 19.4 Å². The number of carbonyl (C=O) groups excluding carboxylic acids is 1. The molecular weight excluding hydrogens is 362 g/mol. The first-order chi connectivity index (χ1) is 11.0. The monoisotopic (exact) mass is 381 g/mol. The molecule has 0 radical (unpaired) electrons. The van der Waals surface area contributed by atoms with Crippen LogP contribution in [0.2, 0.25) is 0 Å². The number of carbonyl (C=O) groups is 2. The molecule has 0 saturated carbocycles. The van der Waals surface area contributed by atoms with Gasteiger partial charge in [-0.1, -0.05) is 28.1 Å². The summed E-state index contributed by atoms with van der Waals surface area (Å²) in [7, 11) is 0. The molecule has 2 fully saturated rings. The lowest BCUT2D eigenvalue weighted by Crippen LogP contribution is -2.40. The molecule has 3 rings (SSSR count). The zero-order valence-corrected chi connectivity index (χ0v) is 14.4. The molecule has 1 amide bonds. The summed E-state index contributed by atoms with van der Waals surface area (Å²) in [6, 6.07) is 7.75. The van der Waals surface area contributed by atoms with E-state index in [1.807, 2.05) is 24.3 Å². The second-order valence-electron chi connectivity index (χ2n) is 6.25. The molecule has 23 heavy (non-hydrogen) atoms. The Labute approximate surface area is 143 Å². The number of carboxylic acids is 1. The first-order valence-corrected chi connectivity index (χ1v) is 8.72. The van der Waals surface area contributed by atoms with Gasteiger partial charge >= 0.3 is 5.97 Å². The van der Waals surface area contributed by atoms with Crippen molar-refractivity contribution in [1.29, 1.82) is 0 Å². The molecule has 1 aromatic carbocycles. The predicted octanol–water partition coefficient (Wildman–Crippen LogP) is 2.82. The molecule has 5 nitrogen and oxygen atoms in total. The van der Waals surface area contributed by atoms with Crippen LogP contribution in [0.5, 0.6) is 0 Å². The van der Waals surface area contributed by atoms with E-state index in [1.165, 1.54) is 0 Å². The van der Waals surface area contributed by atoms with E-state index in [0.717, 1.165) is 29.3 Å². The molecule has 2 heterocycles. The van der Waals surface area contributed by atoms with Gasteiger partial charge in [0.05, 0.1) is 24.5 Å². The quantitative estimate of drug-likeness (QED) is 0.822. The van der Waals surface area contributed by atoms with Gasteiger partial charge in [-0.2, -0.15) is 0 Å². The van der Waals surface area contributed by atoms with Crippen LogP contribution in [0.4, 0.5) is 0 Å². The summed E-state index contributed by atoms with van der Waals surface area (Å²) in [5, 5.41) is 8.95. The molecule has 6 heteroatoms. The summed E-state index contributed by atoms with van der Waals surface area (Å²) in [6.45, 7) is 0.661. The lowest BCUT2D eigenvalue weighted by molar-refractivity contribution is -0.141. The highest BCUT2D eigenvalue weighted by Gasteiger charge is 2.45. The molecule has 3 atom stereocenters. The molecule has 3 unspecified atom stereocenters. The highest BCUT2D eigenvalue weighted by Crippen LogP contribution is 2.39. The van der Waals surface area contributed by atoms with E-state index >= 15 is 0 Å². The van der Waals surface area contributed by atoms with E-state index in [2.05, 4.69) is 15.9 Å². The van der Waals surface area contributed by atoms with Gasteiger partial charge in [0.2, 0.25) is 5.91 Å². The fourth-order valence-electron chi connectivity index (χ4n) is 3.49. The Morgan fingerprint density at radius 1 is 1.35 bits per heavy atom. The Balaban J connectivity index is 1.72. The smallest absolute Gasteiger partial charge is 0.305 e. The van der Waals surface area contributed by atoms with Crippen LogP contribution in [-0.2, 0) is 20.9 Å². The van der Waals surface area contributed by atoms with Crippen LogP contribution in [0, 0.1) is 5.92 Å². The molecular formula is C17H20BrNO4. The molecule has 2 aliphatic heterocycles.